The normalized spacial score (nSPS) is 12.3. The smallest absolute Gasteiger partial charge is 0.278 e. The van der Waals surface area contributed by atoms with E-state index < -0.39 is 17.2 Å². The van der Waals surface area contributed by atoms with E-state index in [2.05, 4.69) is 5.10 Å². The number of hydrogen-bond acceptors (Lipinski definition) is 4. The highest BCUT2D eigenvalue weighted by atomic mass is 19.1. The molecule has 0 saturated heterocycles. The van der Waals surface area contributed by atoms with Crippen LogP contribution in [-0.2, 0) is 0 Å². The van der Waals surface area contributed by atoms with Crippen LogP contribution in [0, 0.1) is 18.7 Å². The summed E-state index contributed by atoms with van der Waals surface area (Å²) in [4.78, 5) is 26.3. The van der Waals surface area contributed by atoms with Crippen molar-refractivity contribution in [2.24, 2.45) is 11.7 Å². The van der Waals surface area contributed by atoms with Gasteiger partial charge in [0.25, 0.3) is 5.91 Å². The van der Waals surface area contributed by atoms with Crippen molar-refractivity contribution < 1.29 is 9.18 Å². The highest BCUT2D eigenvalue weighted by Gasteiger charge is 2.20. The number of hydrogen-bond donors (Lipinski definition) is 1. The van der Waals surface area contributed by atoms with Crippen molar-refractivity contribution in [1.29, 1.82) is 0 Å². The van der Waals surface area contributed by atoms with Crippen LogP contribution < -0.4 is 11.2 Å². The highest BCUT2D eigenvalue weighted by molar-refractivity contribution is 5.91. The average Bonchev–Trinajstić information content (AvgIpc) is 2.59. The van der Waals surface area contributed by atoms with Crippen LogP contribution in [0.2, 0.25) is 0 Å². The summed E-state index contributed by atoms with van der Waals surface area (Å²) >= 11 is 0. The minimum Gasteiger partial charge on any atom is -0.340 e. The monoisotopic (exact) mass is 360 g/mol. The van der Waals surface area contributed by atoms with Crippen LogP contribution in [0.1, 0.15) is 36.5 Å². The number of para-hydroxylation sites is 1. The van der Waals surface area contributed by atoms with E-state index in [-0.39, 0.29) is 17.4 Å². The number of benzene rings is 1. The lowest BCUT2D eigenvalue weighted by atomic mass is 10.0. The molecule has 140 valence electrons. The van der Waals surface area contributed by atoms with Crippen LogP contribution in [0.25, 0.3) is 5.69 Å². The molecule has 26 heavy (non-hydrogen) atoms. The van der Waals surface area contributed by atoms with E-state index in [0.717, 1.165) is 0 Å². The second-order valence-corrected chi connectivity index (χ2v) is 6.79. The Labute approximate surface area is 152 Å². The van der Waals surface area contributed by atoms with Gasteiger partial charge in [-0.2, -0.15) is 5.10 Å². The van der Waals surface area contributed by atoms with Crippen LogP contribution in [0.3, 0.4) is 0 Å². The number of nitrogens with zero attached hydrogens (tertiary/aromatic N) is 3. The molecule has 1 heterocycles. The summed E-state index contributed by atoms with van der Waals surface area (Å²) in [6.07, 6.45) is 0.618. The predicted molar refractivity (Wildman–Crippen MR) is 98.9 cm³/mol. The lowest BCUT2D eigenvalue weighted by molar-refractivity contribution is 0.0780. The molecule has 1 amide bonds. The van der Waals surface area contributed by atoms with Crippen molar-refractivity contribution in [2.45, 2.75) is 33.2 Å². The van der Waals surface area contributed by atoms with Gasteiger partial charge in [0.15, 0.2) is 5.69 Å². The predicted octanol–water partition coefficient (Wildman–Crippen LogP) is 2.13. The Morgan fingerprint density at radius 2 is 2.00 bits per heavy atom. The Morgan fingerprint density at radius 3 is 2.62 bits per heavy atom. The third-order valence-corrected chi connectivity index (χ3v) is 4.39. The average molecular weight is 360 g/mol. The minimum absolute atomic E-state index is 0.0358. The summed E-state index contributed by atoms with van der Waals surface area (Å²) in [5, 5.41) is 4.13. The van der Waals surface area contributed by atoms with E-state index in [1.807, 2.05) is 13.8 Å². The SMILES string of the molecule is Cc1cc(=O)c(C(=O)N(C)CCC(N)C(C)C)nn1-c1ccccc1F. The van der Waals surface area contributed by atoms with Gasteiger partial charge < -0.3 is 10.6 Å². The number of carbonyl (C=O) groups is 1. The molecule has 2 N–H and O–H groups in total. The summed E-state index contributed by atoms with van der Waals surface area (Å²) in [7, 11) is 1.60. The fraction of sp³-hybridized carbons (Fsp3) is 0.421. The molecule has 0 fully saturated rings. The zero-order valence-electron chi connectivity index (χ0n) is 15.6. The quantitative estimate of drug-likeness (QED) is 0.856. The second-order valence-electron chi connectivity index (χ2n) is 6.79. The summed E-state index contributed by atoms with van der Waals surface area (Å²) in [5.74, 6) is -0.688. The fourth-order valence-corrected chi connectivity index (χ4v) is 2.52. The van der Waals surface area contributed by atoms with Crippen molar-refractivity contribution in [2.75, 3.05) is 13.6 Å². The van der Waals surface area contributed by atoms with Gasteiger partial charge in [-0.25, -0.2) is 9.07 Å². The summed E-state index contributed by atoms with van der Waals surface area (Å²) in [6.45, 7) is 6.08. The summed E-state index contributed by atoms with van der Waals surface area (Å²) in [6, 6.07) is 7.33. The van der Waals surface area contributed by atoms with E-state index in [1.54, 1.807) is 32.2 Å². The Hall–Kier alpha value is -2.54. The topological polar surface area (TPSA) is 81.2 Å². The molecule has 0 spiro atoms. The third kappa shape index (κ3) is 4.35. The Morgan fingerprint density at radius 1 is 1.35 bits per heavy atom. The molecule has 0 bridgehead atoms. The first kappa shape index (κ1) is 19.8. The van der Waals surface area contributed by atoms with Crippen LogP contribution in [0.4, 0.5) is 4.39 Å². The highest BCUT2D eigenvalue weighted by Crippen LogP contribution is 2.13. The molecule has 1 atom stereocenters. The number of halogens is 1. The molecule has 1 unspecified atom stereocenters. The Kier molecular flexibility index (Phi) is 6.26. The lowest BCUT2D eigenvalue weighted by Gasteiger charge is -2.21. The molecule has 0 saturated carbocycles. The Balaban J connectivity index is 2.32. The van der Waals surface area contributed by atoms with Gasteiger partial charge in [0, 0.05) is 31.4 Å². The number of aromatic nitrogens is 2. The number of nitrogens with two attached hydrogens (primary N) is 1. The van der Waals surface area contributed by atoms with Crippen LogP contribution in [0.15, 0.2) is 35.1 Å². The fourth-order valence-electron chi connectivity index (χ4n) is 2.52. The first-order valence-electron chi connectivity index (χ1n) is 8.59. The zero-order chi connectivity index (χ0) is 19.4. The molecule has 0 radical (unpaired) electrons. The molecule has 0 aliphatic rings. The molecule has 6 nitrogen and oxygen atoms in total. The lowest BCUT2D eigenvalue weighted by Crippen LogP contribution is -2.37. The van der Waals surface area contributed by atoms with Crippen molar-refractivity contribution in [3.63, 3.8) is 0 Å². The van der Waals surface area contributed by atoms with Crippen LogP contribution in [0.5, 0.6) is 0 Å². The standard InChI is InChI=1S/C19H25FN4O2/c1-12(2)15(21)9-10-23(4)19(26)18-17(25)11-13(3)24(22-18)16-8-6-5-7-14(16)20/h5-8,11-12,15H,9-10,21H2,1-4H3. The number of amides is 1. The molecule has 2 rings (SSSR count). The maximum absolute atomic E-state index is 14.1. The first-order valence-corrected chi connectivity index (χ1v) is 8.59. The van der Waals surface area contributed by atoms with Gasteiger partial charge in [-0.05, 0) is 31.4 Å². The molecule has 7 heteroatoms. The molecule has 1 aromatic carbocycles. The molecular formula is C19H25FN4O2. The summed E-state index contributed by atoms with van der Waals surface area (Å²) in [5.41, 5.74) is 5.92. The maximum Gasteiger partial charge on any atom is 0.278 e. The van der Waals surface area contributed by atoms with E-state index in [9.17, 15) is 14.0 Å². The molecule has 0 aliphatic heterocycles. The molecule has 2 aromatic rings. The number of carbonyl (C=O) groups excluding carboxylic acids is 1. The minimum atomic E-state index is -0.504. The van der Waals surface area contributed by atoms with Crippen LogP contribution >= 0.6 is 0 Å². The van der Waals surface area contributed by atoms with E-state index >= 15 is 0 Å². The number of rotatable bonds is 6. The molecule has 0 aliphatic carbocycles. The van der Waals surface area contributed by atoms with Gasteiger partial charge >= 0.3 is 0 Å². The van der Waals surface area contributed by atoms with Gasteiger partial charge in [0.1, 0.15) is 11.5 Å². The van der Waals surface area contributed by atoms with Crippen molar-refractivity contribution >= 4 is 5.91 Å². The van der Waals surface area contributed by atoms with Crippen molar-refractivity contribution in [3.8, 4) is 5.69 Å². The Bertz CT molecular complexity index is 848. The van der Waals surface area contributed by atoms with E-state index in [0.29, 0.717) is 24.6 Å². The third-order valence-electron chi connectivity index (χ3n) is 4.39. The van der Waals surface area contributed by atoms with Gasteiger partial charge in [0.05, 0.1) is 0 Å². The van der Waals surface area contributed by atoms with Gasteiger partial charge in [-0.1, -0.05) is 26.0 Å². The van der Waals surface area contributed by atoms with Crippen molar-refractivity contribution in [3.05, 3.63) is 57.8 Å². The van der Waals surface area contributed by atoms with Gasteiger partial charge in [-0.3, -0.25) is 9.59 Å². The largest absolute Gasteiger partial charge is 0.340 e. The summed E-state index contributed by atoms with van der Waals surface area (Å²) < 4.78 is 15.4. The van der Waals surface area contributed by atoms with E-state index in [4.69, 9.17) is 5.73 Å². The molecular weight excluding hydrogens is 335 g/mol. The van der Waals surface area contributed by atoms with Crippen LogP contribution in [-0.4, -0.2) is 40.2 Å². The second kappa shape index (κ2) is 8.23. The van der Waals surface area contributed by atoms with E-state index in [1.165, 1.54) is 21.7 Å². The van der Waals surface area contributed by atoms with Crippen molar-refractivity contribution in [1.82, 2.24) is 14.7 Å². The number of aryl methyl sites for hydroxylation is 1. The zero-order valence-corrected chi connectivity index (χ0v) is 15.6. The van der Waals surface area contributed by atoms with Gasteiger partial charge in [0.2, 0.25) is 5.43 Å². The first-order chi connectivity index (χ1) is 12.2. The van der Waals surface area contributed by atoms with Gasteiger partial charge in [-0.15, -0.1) is 0 Å². The molecule has 1 aromatic heterocycles. The maximum atomic E-state index is 14.1.